The van der Waals surface area contributed by atoms with Crippen molar-refractivity contribution in [3.05, 3.63) is 71.0 Å². The molecular formula is C24H23N5O. The molecular weight excluding hydrogens is 374 g/mol. The first-order valence-corrected chi connectivity index (χ1v) is 10.7. The van der Waals surface area contributed by atoms with Crippen LogP contribution in [0.5, 0.6) is 5.88 Å². The van der Waals surface area contributed by atoms with Crippen LogP contribution in [0.3, 0.4) is 0 Å². The Morgan fingerprint density at radius 2 is 1.80 bits per heavy atom. The predicted molar refractivity (Wildman–Crippen MR) is 113 cm³/mol. The summed E-state index contributed by atoms with van der Waals surface area (Å²) in [5.41, 5.74) is 6.55. The van der Waals surface area contributed by atoms with Crippen molar-refractivity contribution in [2.75, 3.05) is 0 Å². The second-order valence-electron chi connectivity index (χ2n) is 8.42. The maximum Gasteiger partial charge on any atom is 0.236 e. The van der Waals surface area contributed by atoms with Crippen LogP contribution < -0.4 is 4.74 Å². The van der Waals surface area contributed by atoms with Crippen molar-refractivity contribution in [1.82, 2.24) is 24.8 Å². The van der Waals surface area contributed by atoms with Gasteiger partial charge in [0.1, 0.15) is 6.61 Å². The molecule has 3 aromatic heterocycles. The number of aryl methyl sites for hydroxylation is 1. The zero-order valence-corrected chi connectivity index (χ0v) is 17.0. The molecule has 3 aliphatic carbocycles. The number of benzene rings is 1. The first-order valence-electron chi connectivity index (χ1n) is 10.7. The van der Waals surface area contributed by atoms with Gasteiger partial charge < -0.3 is 4.74 Å². The first kappa shape index (κ1) is 17.6. The number of ether oxygens (including phenoxy) is 1. The molecule has 1 aromatic carbocycles. The van der Waals surface area contributed by atoms with Crippen molar-refractivity contribution in [2.45, 2.75) is 51.0 Å². The van der Waals surface area contributed by atoms with Gasteiger partial charge in [-0.25, -0.2) is 0 Å². The largest absolute Gasteiger partial charge is 0.470 e. The van der Waals surface area contributed by atoms with E-state index in [1.54, 1.807) is 6.20 Å². The Kier molecular flexibility index (Phi) is 4.04. The molecule has 6 nitrogen and oxygen atoms in total. The molecule has 3 aliphatic rings. The van der Waals surface area contributed by atoms with E-state index < -0.39 is 0 Å². The molecule has 4 aromatic rings. The van der Waals surface area contributed by atoms with E-state index in [0.717, 1.165) is 22.7 Å². The lowest BCUT2D eigenvalue weighted by Gasteiger charge is -2.38. The van der Waals surface area contributed by atoms with Crippen molar-refractivity contribution < 1.29 is 4.74 Å². The van der Waals surface area contributed by atoms with Crippen LogP contribution in [0.2, 0.25) is 0 Å². The quantitative estimate of drug-likeness (QED) is 0.493. The van der Waals surface area contributed by atoms with Gasteiger partial charge in [0, 0.05) is 22.9 Å². The summed E-state index contributed by atoms with van der Waals surface area (Å²) in [6.07, 6.45) is 6.62. The van der Waals surface area contributed by atoms with E-state index in [9.17, 15) is 0 Å². The van der Waals surface area contributed by atoms with Gasteiger partial charge in [0.2, 0.25) is 5.88 Å². The zero-order valence-electron chi connectivity index (χ0n) is 17.0. The molecule has 0 radical (unpaired) electrons. The highest BCUT2D eigenvalue weighted by Gasteiger charge is 2.39. The Morgan fingerprint density at radius 1 is 0.967 bits per heavy atom. The summed E-state index contributed by atoms with van der Waals surface area (Å²) in [6.45, 7) is 2.49. The van der Waals surface area contributed by atoms with Crippen LogP contribution in [-0.4, -0.2) is 24.8 Å². The summed E-state index contributed by atoms with van der Waals surface area (Å²) >= 11 is 0. The minimum atomic E-state index is 0.408. The highest BCUT2D eigenvalue weighted by Crippen LogP contribution is 2.53. The standard InChI is InChI=1S/C24H23N5O/c1-15-5-4-6-18(13-15)22-26-27-23-20-16-8-10-17(11-9-16)21(20)24(28-29(22)23)30-14-19-7-2-3-12-25-19/h2-7,12-13,16-17H,8-11,14H2,1H3. The molecule has 2 bridgehead atoms. The van der Waals surface area contributed by atoms with E-state index in [1.165, 1.54) is 42.4 Å². The summed E-state index contributed by atoms with van der Waals surface area (Å²) in [7, 11) is 0. The van der Waals surface area contributed by atoms with Crippen LogP contribution in [-0.2, 0) is 6.61 Å². The average Bonchev–Trinajstić information content (AvgIpc) is 3.23. The van der Waals surface area contributed by atoms with E-state index in [2.05, 4.69) is 40.3 Å². The fourth-order valence-corrected chi connectivity index (χ4v) is 5.09. The average molecular weight is 397 g/mol. The number of nitrogens with zero attached hydrogens (tertiary/aromatic N) is 5. The summed E-state index contributed by atoms with van der Waals surface area (Å²) < 4.78 is 8.18. The van der Waals surface area contributed by atoms with Crippen LogP contribution in [0.4, 0.5) is 0 Å². The minimum absolute atomic E-state index is 0.408. The molecule has 1 saturated carbocycles. The summed E-state index contributed by atoms with van der Waals surface area (Å²) in [5, 5.41) is 14.1. The van der Waals surface area contributed by atoms with Crippen LogP contribution in [0.25, 0.3) is 17.0 Å². The molecule has 0 amide bonds. The number of aromatic nitrogens is 5. The Morgan fingerprint density at radius 3 is 2.57 bits per heavy atom. The number of rotatable bonds is 4. The second kappa shape index (κ2) is 6.90. The van der Waals surface area contributed by atoms with E-state index >= 15 is 0 Å². The molecule has 6 heteroatoms. The molecule has 0 atom stereocenters. The molecule has 30 heavy (non-hydrogen) atoms. The lowest BCUT2D eigenvalue weighted by Crippen LogP contribution is -2.25. The van der Waals surface area contributed by atoms with Crippen molar-refractivity contribution in [1.29, 1.82) is 0 Å². The fourth-order valence-electron chi connectivity index (χ4n) is 5.09. The minimum Gasteiger partial charge on any atom is -0.470 e. The third-order valence-corrected chi connectivity index (χ3v) is 6.50. The van der Waals surface area contributed by atoms with Crippen LogP contribution in [0, 0.1) is 6.92 Å². The maximum atomic E-state index is 6.29. The summed E-state index contributed by atoms with van der Waals surface area (Å²) in [4.78, 5) is 4.40. The molecule has 0 unspecified atom stereocenters. The third-order valence-electron chi connectivity index (χ3n) is 6.50. The Labute approximate surface area is 175 Å². The highest BCUT2D eigenvalue weighted by atomic mass is 16.5. The Bertz CT molecular complexity index is 1230. The molecule has 0 aliphatic heterocycles. The number of pyridine rings is 1. The Balaban J connectivity index is 1.52. The molecule has 0 N–H and O–H groups in total. The van der Waals surface area contributed by atoms with E-state index in [4.69, 9.17) is 9.84 Å². The summed E-state index contributed by atoms with van der Waals surface area (Å²) in [6, 6.07) is 14.2. The molecule has 150 valence electrons. The van der Waals surface area contributed by atoms with Gasteiger partial charge in [0.15, 0.2) is 11.5 Å². The van der Waals surface area contributed by atoms with Gasteiger partial charge >= 0.3 is 0 Å². The fraction of sp³-hybridized carbons (Fsp3) is 0.333. The number of hydrogen-bond acceptors (Lipinski definition) is 5. The van der Waals surface area contributed by atoms with Gasteiger partial charge in [0.05, 0.1) is 5.69 Å². The lowest BCUT2D eigenvalue weighted by molar-refractivity contribution is 0.265. The van der Waals surface area contributed by atoms with Gasteiger partial charge in [-0.05, 0) is 62.6 Å². The summed E-state index contributed by atoms with van der Waals surface area (Å²) in [5.74, 6) is 2.49. The van der Waals surface area contributed by atoms with Crippen molar-refractivity contribution in [2.24, 2.45) is 0 Å². The van der Waals surface area contributed by atoms with Gasteiger partial charge in [-0.1, -0.05) is 29.8 Å². The lowest BCUT2D eigenvalue weighted by atomic mass is 9.67. The van der Waals surface area contributed by atoms with E-state index in [-0.39, 0.29) is 0 Å². The Hall–Kier alpha value is -3.28. The van der Waals surface area contributed by atoms with Gasteiger partial charge in [-0.15, -0.1) is 15.3 Å². The molecule has 7 rings (SSSR count). The van der Waals surface area contributed by atoms with Gasteiger partial charge in [-0.3, -0.25) is 4.98 Å². The maximum absolute atomic E-state index is 6.29. The monoisotopic (exact) mass is 397 g/mol. The molecule has 0 saturated heterocycles. The molecule has 1 fully saturated rings. The topological polar surface area (TPSA) is 65.2 Å². The van der Waals surface area contributed by atoms with E-state index in [0.29, 0.717) is 24.3 Å². The van der Waals surface area contributed by atoms with Crippen molar-refractivity contribution in [3.63, 3.8) is 0 Å². The van der Waals surface area contributed by atoms with Gasteiger partial charge in [-0.2, -0.15) is 4.52 Å². The predicted octanol–water partition coefficient (Wildman–Crippen LogP) is 4.83. The first-order chi connectivity index (χ1) is 14.8. The highest BCUT2D eigenvalue weighted by molar-refractivity contribution is 5.65. The molecule has 3 heterocycles. The van der Waals surface area contributed by atoms with Crippen molar-refractivity contribution >= 4 is 5.65 Å². The normalized spacial score (nSPS) is 19.8. The molecule has 0 spiro atoms. The smallest absolute Gasteiger partial charge is 0.236 e. The van der Waals surface area contributed by atoms with E-state index in [1.807, 2.05) is 28.8 Å². The van der Waals surface area contributed by atoms with Gasteiger partial charge in [0.25, 0.3) is 0 Å². The second-order valence-corrected chi connectivity index (χ2v) is 8.42. The van der Waals surface area contributed by atoms with Crippen molar-refractivity contribution in [3.8, 4) is 17.3 Å². The zero-order chi connectivity index (χ0) is 20.1. The van der Waals surface area contributed by atoms with Crippen LogP contribution >= 0.6 is 0 Å². The number of hydrogen-bond donors (Lipinski definition) is 0. The van der Waals surface area contributed by atoms with Crippen LogP contribution in [0.15, 0.2) is 48.7 Å². The number of fused-ring (bicyclic) bond motifs is 3. The van der Waals surface area contributed by atoms with Crippen LogP contribution in [0.1, 0.15) is 59.9 Å². The SMILES string of the molecule is Cc1cccc(-c2nnc3c4c(c(OCc5ccccn5)nn23)C2CCC4CC2)c1. The third kappa shape index (κ3) is 2.78.